The lowest BCUT2D eigenvalue weighted by atomic mass is 9.45. The molecule has 2 N–H and O–H groups in total. The van der Waals surface area contributed by atoms with E-state index in [-0.39, 0.29) is 17.2 Å². The minimum Gasteiger partial charge on any atom is -0.465 e. The predicted molar refractivity (Wildman–Crippen MR) is 101 cm³/mol. The third-order valence-electron chi connectivity index (χ3n) is 9.79. The minimum absolute atomic E-state index is 0.154. The van der Waals surface area contributed by atoms with Crippen molar-refractivity contribution in [2.24, 2.45) is 34.5 Å². The standard InChI is InChI=1S/C22H35NO4/c1-20-8-5-15(23-19(24)25)13-14(20)3-4-16-17(20)6-9-21(2)18(16)7-10-22(21)26-11-12-27-22/h14-18,23H,3-13H2,1-2H3,(H,24,25)/t14?,15-,16?,17-,18-,20-,21-/m0/s1. The smallest absolute Gasteiger partial charge is 0.404 e. The molecule has 0 aromatic heterocycles. The van der Waals surface area contributed by atoms with Crippen LogP contribution in [-0.2, 0) is 9.47 Å². The summed E-state index contributed by atoms with van der Waals surface area (Å²) in [6.07, 6.45) is 9.74. The molecule has 2 unspecified atom stereocenters. The Kier molecular flexibility index (Phi) is 4.11. The monoisotopic (exact) mass is 377 g/mol. The molecule has 5 nitrogen and oxygen atoms in total. The molecule has 1 amide bonds. The zero-order chi connectivity index (χ0) is 18.9. The summed E-state index contributed by atoms with van der Waals surface area (Å²) in [6, 6.07) is 0.154. The average Bonchev–Trinajstić information content (AvgIpc) is 3.21. The maximum Gasteiger partial charge on any atom is 0.404 e. The van der Waals surface area contributed by atoms with Gasteiger partial charge in [0.1, 0.15) is 0 Å². The van der Waals surface area contributed by atoms with Crippen LogP contribution in [0, 0.1) is 34.5 Å². The molecule has 0 aromatic rings. The van der Waals surface area contributed by atoms with Gasteiger partial charge in [-0.1, -0.05) is 13.8 Å². The second-order valence-corrected chi connectivity index (χ2v) is 10.5. The first kappa shape index (κ1) is 18.2. The first-order valence-corrected chi connectivity index (χ1v) is 11.2. The third kappa shape index (κ3) is 2.46. The molecule has 27 heavy (non-hydrogen) atoms. The summed E-state index contributed by atoms with van der Waals surface area (Å²) >= 11 is 0. The Balaban J connectivity index is 1.37. The molecule has 1 spiro atoms. The van der Waals surface area contributed by atoms with Crippen LogP contribution in [0.15, 0.2) is 0 Å². The number of ether oxygens (including phenoxy) is 2. The van der Waals surface area contributed by atoms with E-state index < -0.39 is 6.09 Å². The summed E-state index contributed by atoms with van der Waals surface area (Å²) in [5, 5.41) is 11.9. The SMILES string of the molecule is C[C@]12CC[C@H](NC(=O)O)CC1CCC1[C@@H]2CC[C@@]2(C)[C@H]1CCC21OCCO1. The number of fused-ring (bicyclic) bond motifs is 6. The molecule has 152 valence electrons. The van der Waals surface area contributed by atoms with Crippen LogP contribution in [-0.4, -0.2) is 36.2 Å². The van der Waals surface area contributed by atoms with E-state index in [9.17, 15) is 4.79 Å². The van der Waals surface area contributed by atoms with Crippen LogP contribution in [0.3, 0.4) is 0 Å². The van der Waals surface area contributed by atoms with Crippen molar-refractivity contribution in [1.29, 1.82) is 0 Å². The zero-order valence-electron chi connectivity index (χ0n) is 16.8. The molecule has 4 saturated carbocycles. The summed E-state index contributed by atoms with van der Waals surface area (Å²) < 4.78 is 12.5. The minimum atomic E-state index is -0.862. The first-order valence-electron chi connectivity index (χ1n) is 11.2. The van der Waals surface area contributed by atoms with Crippen molar-refractivity contribution < 1.29 is 19.4 Å². The van der Waals surface area contributed by atoms with E-state index >= 15 is 0 Å². The highest BCUT2D eigenvalue weighted by Gasteiger charge is 2.67. The molecule has 5 fully saturated rings. The van der Waals surface area contributed by atoms with Gasteiger partial charge in [0, 0.05) is 17.9 Å². The van der Waals surface area contributed by atoms with Crippen LogP contribution in [0.4, 0.5) is 4.79 Å². The van der Waals surface area contributed by atoms with Gasteiger partial charge in [0.15, 0.2) is 5.79 Å². The van der Waals surface area contributed by atoms with Crippen LogP contribution >= 0.6 is 0 Å². The maximum absolute atomic E-state index is 11.1. The highest BCUT2D eigenvalue weighted by Crippen LogP contribution is 2.69. The Hall–Kier alpha value is -0.810. The van der Waals surface area contributed by atoms with Crippen molar-refractivity contribution >= 4 is 6.09 Å². The van der Waals surface area contributed by atoms with Crippen molar-refractivity contribution in [3.05, 3.63) is 0 Å². The number of carboxylic acid groups (broad SMARTS) is 1. The van der Waals surface area contributed by atoms with Crippen molar-refractivity contribution in [2.75, 3.05) is 13.2 Å². The van der Waals surface area contributed by atoms with Crippen LogP contribution < -0.4 is 5.32 Å². The Morgan fingerprint density at radius 1 is 0.963 bits per heavy atom. The molecule has 1 aliphatic heterocycles. The number of hydrogen-bond acceptors (Lipinski definition) is 3. The van der Waals surface area contributed by atoms with E-state index in [4.69, 9.17) is 14.6 Å². The molecule has 5 aliphatic rings. The third-order valence-corrected chi connectivity index (χ3v) is 9.79. The topological polar surface area (TPSA) is 67.8 Å². The van der Waals surface area contributed by atoms with E-state index in [1.54, 1.807) is 0 Å². The van der Waals surface area contributed by atoms with E-state index in [2.05, 4.69) is 19.2 Å². The lowest BCUT2D eigenvalue weighted by molar-refractivity contribution is -0.247. The van der Waals surface area contributed by atoms with Gasteiger partial charge in [0.05, 0.1) is 13.2 Å². The van der Waals surface area contributed by atoms with Gasteiger partial charge in [-0.05, 0) is 80.5 Å². The van der Waals surface area contributed by atoms with E-state index in [1.165, 1.54) is 38.5 Å². The van der Waals surface area contributed by atoms with E-state index in [0.29, 0.717) is 11.3 Å². The molecular formula is C22H35NO4. The summed E-state index contributed by atoms with van der Waals surface area (Å²) in [7, 11) is 0. The van der Waals surface area contributed by atoms with Crippen molar-refractivity contribution in [3.63, 3.8) is 0 Å². The molecule has 0 radical (unpaired) electrons. The van der Waals surface area contributed by atoms with Crippen LogP contribution in [0.25, 0.3) is 0 Å². The Labute approximate surface area is 162 Å². The Morgan fingerprint density at radius 3 is 2.44 bits per heavy atom. The molecule has 7 atom stereocenters. The van der Waals surface area contributed by atoms with Gasteiger partial charge in [-0.3, -0.25) is 0 Å². The van der Waals surface area contributed by atoms with Gasteiger partial charge in [-0.25, -0.2) is 4.79 Å². The number of amides is 1. The number of rotatable bonds is 1. The largest absolute Gasteiger partial charge is 0.465 e. The summed E-state index contributed by atoms with van der Waals surface area (Å²) in [4.78, 5) is 11.1. The van der Waals surface area contributed by atoms with Crippen LogP contribution in [0.2, 0.25) is 0 Å². The van der Waals surface area contributed by atoms with Gasteiger partial charge >= 0.3 is 6.09 Å². The molecule has 5 heteroatoms. The maximum atomic E-state index is 11.1. The summed E-state index contributed by atoms with van der Waals surface area (Å²) in [6.45, 7) is 6.50. The molecule has 1 heterocycles. The predicted octanol–water partition coefficient (Wildman–Crippen LogP) is 4.41. The second kappa shape index (κ2) is 6.09. The Morgan fingerprint density at radius 2 is 1.70 bits per heavy atom. The molecule has 0 aromatic carbocycles. The fourth-order valence-corrected chi connectivity index (χ4v) is 8.45. The van der Waals surface area contributed by atoms with E-state index in [1.807, 2.05) is 0 Å². The normalized spacial score (nSPS) is 50.7. The van der Waals surface area contributed by atoms with Crippen LogP contribution in [0.1, 0.15) is 71.6 Å². The fraction of sp³-hybridized carbons (Fsp3) is 0.955. The molecule has 4 aliphatic carbocycles. The number of nitrogens with one attached hydrogen (secondary N) is 1. The van der Waals surface area contributed by atoms with Gasteiger partial charge in [0.2, 0.25) is 0 Å². The zero-order valence-corrected chi connectivity index (χ0v) is 16.8. The fourth-order valence-electron chi connectivity index (χ4n) is 8.45. The molecular weight excluding hydrogens is 342 g/mol. The molecule has 0 bridgehead atoms. The van der Waals surface area contributed by atoms with Gasteiger partial charge in [0.25, 0.3) is 0 Å². The number of hydrogen-bond donors (Lipinski definition) is 2. The van der Waals surface area contributed by atoms with Gasteiger partial charge < -0.3 is 19.9 Å². The lowest BCUT2D eigenvalue weighted by Gasteiger charge is -2.61. The second-order valence-electron chi connectivity index (χ2n) is 10.5. The van der Waals surface area contributed by atoms with Crippen molar-refractivity contribution in [2.45, 2.75) is 83.5 Å². The Bertz CT molecular complexity index is 617. The highest BCUT2D eigenvalue weighted by atomic mass is 16.7. The molecule has 5 rings (SSSR count). The van der Waals surface area contributed by atoms with Crippen molar-refractivity contribution in [3.8, 4) is 0 Å². The van der Waals surface area contributed by atoms with E-state index in [0.717, 1.165) is 50.2 Å². The summed E-state index contributed by atoms with van der Waals surface area (Å²) in [5.41, 5.74) is 0.560. The summed E-state index contributed by atoms with van der Waals surface area (Å²) in [5.74, 6) is 2.67. The highest BCUT2D eigenvalue weighted by molar-refractivity contribution is 5.64. The average molecular weight is 378 g/mol. The lowest BCUT2D eigenvalue weighted by Crippen LogP contribution is -2.57. The number of carbonyl (C=O) groups is 1. The van der Waals surface area contributed by atoms with Gasteiger partial charge in [-0.2, -0.15) is 0 Å². The first-order chi connectivity index (χ1) is 12.9. The van der Waals surface area contributed by atoms with Crippen molar-refractivity contribution in [1.82, 2.24) is 5.32 Å². The van der Waals surface area contributed by atoms with Crippen LogP contribution in [0.5, 0.6) is 0 Å². The quantitative estimate of drug-likeness (QED) is 0.710. The molecule has 1 saturated heterocycles. The van der Waals surface area contributed by atoms with Gasteiger partial charge in [-0.15, -0.1) is 0 Å².